The smallest absolute Gasteiger partial charge is 0.270 e. The SMILES string of the molecule is CCC(C)(C)N=C1C=C(C(=O)N2CCC(NC(=O)C(C)C)CC2)NCN1c1cnn2ccsc12. The van der Waals surface area contributed by atoms with Crippen molar-refractivity contribution in [3.05, 3.63) is 29.5 Å². The Morgan fingerprint density at radius 1 is 1.32 bits per heavy atom. The molecule has 34 heavy (non-hydrogen) atoms. The number of piperidine rings is 1. The summed E-state index contributed by atoms with van der Waals surface area (Å²) in [5.41, 5.74) is 1.27. The van der Waals surface area contributed by atoms with Gasteiger partial charge >= 0.3 is 0 Å². The second kappa shape index (κ2) is 9.77. The highest BCUT2D eigenvalue weighted by Gasteiger charge is 2.30. The lowest BCUT2D eigenvalue weighted by atomic mass is 10.0. The van der Waals surface area contributed by atoms with E-state index in [9.17, 15) is 9.59 Å². The number of aliphatic imine (C=N–C) groups is 1. The molecule has 1 saturated heterocycles. The van der Waals surface area contributed by atoms with Crippen LogP contribution >= 0.6 is 11.3 Å². The first kappa shape index (κ1) is 24.3. The van der Waals surface area contributed by atoms with Crippen molar-refractivity contribution < 1.29 is 9.59 Å². The van der Waals surface area contributed by atoms with Crippen molar-refractivity contribution in [2.75, 3.05) is 24.7 Å². The Hall–Kier alpha value is -2.88. The monoisotopic (exact) mass is 485 g/mol. The fraction of sp³-hybridized carbons (Fsp3) is 0.583. The van der Waals surface area contributed by atoms with Crippen molar-refractivity contribution in [2.45, 2.75) is 65.5 Å². The number of carbonyl (C=O) groups is 2. The number of carbonyl (C=O) groups excluding carboxylic acids is 2. The molecular weight excluding hydrogens is 450 g/mol. The fourth-order valence-electron chi connectivity index (χ4n) is 4.00. The largest absolute Gasteiger partial charge is 0.363 e. The van der Waals surface area contributed by atoms with E-state index in [2.05, 4.69) is 41.4 Å². The summed E-state index contributed by atoms with van der Waals surface area (Å²) in [5.74, 6) is 0.777. The first-order chi connectivity index (χ1) is 16.2. The van der Waals surface area contributed by atoms with Crippen LogP contribution in [0.4, 0.5) is 5.69 Å². The van der Waals surface area contributed by atoms with Crippen LogP contribution in [0.2, 0.25) is 0 Å². The predicted molar refractivity (Wildman–Crippen MR) is 136 cm³/mol. The number of rotatable bonds is 6. The number of amidine groups is 1. The van der Waals surface area contributed by atoms with Gasteiger partial charge in [-0.15, -0.1) is 11.3 Å². The van der Waals surface area contributed by atoms with Crippen molar-refractivity contribution >= 4 is 39.5 Å². The lowest BCUT2D eigenvalue weighted by molar-refractivity contribution is -0.129. The molecule has 2 aliphatic rings. The summed E-state index contributed by atoms with van der Waals surface area (Å²) in [6.07, 6.45) is 8.06. The number of aromatic nitrogens is 2. The van der Waals surface area contributed by atoms with E-state index in [1.807, 2.05) is 47.1 Å². The number of nitrogens with zero attached hydrogens (tertiary/aromatic N) is 5. The molecule has 10 heteroatoms. The number of nitrogens with one attached hydrogen (secondary N) is 2. The fourth-order valence-corrected chi connectivity index (χ4v) is 4.80. The highest BCUT2D eigenvalue weighted by Crippen LogP contribution is 2.29. The average molecular weight is 486 g/mol. The highest BCUT2D eigenvalue weighted by atomic mass is 32.1. The molecule has 2 aromatic heterocycles. The second-order valence-electron chi connectivity index (χ2n) is 9.87. The molecule has 2 amide bonds. The molecule has 0 atom stereocenters. The maximum Gasteiger partial charge on any atom is 0.270 e. The van der Waals surface area contributed by atoms with Gasteiger partial charge in [-0.3, -0.25) is 14.6 Å². The van der Waals surface area contributed by atoms with Gasteiger partial charge in [-0.05, 0) is 33.1 Å². The summed E-state index contributed by atoms with van der Waals surface area (Å²) >= 11 is 1.63. The topological polar surface area (TPSA) is 94.3 Å². The van der Waals surface area contributed by atoms with Gasteiger partial charge in [-0.25, -0.2) is 4.52 Å². The number of hydrogen-bond acceptors (Lipinski definition) is 6. The van der Waals surface area contributed by atoms with Crippen molar-refractivity contribution in [1.82, 2.24) is 25.1 Å². The van der Waals surface area contributed by atoms with E-state index < -0.39 is 0 Å². The molecule has 0 saturated carbocycles. The van der Waals surface area contributed by atoms with Crippen LogP contribution < -0.4 is 15.5 Å². The summed E-state index contributed by atoms with van der Waals surface area (Å²) in [6.45, 7) is 11.8. The van der Waals surface area contributed by atoms with Crippen LogP contribution in [0.3, 0.4) is 0 Å². The third kappa shape index (κ3) is 5.11. The molecule has 184 valence electrons. The van der Waals surface area contributed by atoms with E-state index in [0.717, 1.165) is 35.6 Å². The molecule has 0 spiro atoms. The first-order valence-electron chi connectivity index (χ1n) is 12.0. The van der Waals surface area contributed by atoms with Gasteiger partial charge in [-0.2, -0.15) is 5.10 Å². The standard InChI is InChI=1S/C24H35N7O2S/c1-6-24(4,5)28-20-13-18(25-15-30(20)19-14-26-31-11-12-34-23(19)31)22(33)29-9-7-17(8-10-29)27-21(32)16(2)3/h11-14,16-17,25H,6-10,15H2,1-5H3,(H,27,32). The Morgan fingerprint density at radius 2 is 2.06 bits per heavy atom. The van der Waals surface area contributed by atoms with Gasteiger partial charge in [0.25, 0.3) is 5.91 Å². The molecule has 0 radical (unpaired) electrons. The molecule has 0 aliphatic carbocycles. The van der Waals surface area contributed by atoms with Gasteiger partial charge in [0.15, 0.2) is 0 Å². The highest BCUT2D eigenvalue weighted by molar-refractivity contribution is 7.16. The van der Waals surface area contributed by atoms with Gasteiger partial charge in [0, 0.05) is 42.7 Å². The van der Waals surface area contributed by atoms with Gasteiger partial charge in [0.05, 0.1) is 18.4 Å². The summed E-state index contributed by atoms with van der Waals surface area (Å²) in [4.78, 5) is 35.4. The maximum absolute atomic E-state index is 13.4. The molecule has 9 nitrogen and oxygen atoms in total. The lowest BCUT2D eigenvalue weighted by Gasteiger charge is -2.36. The van der Waals surface area contributed by atoms with E-state index in [4.69, 9.17) is 4.99 Å². The van der Waals surface area contributed by atoms with Crippen LogP contribution in [-0.4, -0.2) is 63.5 Å². The molecule has 0 aromatic carbocycles. The van der Waals surface area contributed by atoms with Crippen molar-refractivity contribution in [2.24, 2.45) is 10.9 Å². The van der Waals surface area contributed by atoms with Crippen molar-refractivity contribution in [3.8, 4) is 0 Å². The van der Waals surface area contributed by atoms with Gasteiger partial charge in [0.2, 0.25) is 5.91 Å². The molecule has 2 aromatic rings. The number of anilines is 1. The minimum Gasteiger partial charge on any atom is -0.363 e. The first-order valence-corrected chi connectivity index (χ1v) is 12.9. The quantitative estimate of drug-likeness (QED) is 0.656. The van der Waals surface area contributed by atoms with Crippen molar-refractivity contribution in [3.63, 3.8) is 0 Å². The molecule has 1 fully saturated rings. The van der Waals surface area contributed by atoms with Crippen LogP contribution in [0.1, 0.15) is 53.9 Å². The Bertz CT molecular complexity index is 1110. The number of fused-ring (bicyclic) bond motifs is 1. The van der Waals surface area contributed by atoms with Crippen LogP contribution in [-0.2, 0) is 9.59 Å². The third-order valence-corrected chi connectivity index (χ3v) is 7.42. The zero-order valence-corrected chi connectivity index (χ0v) is 21.5. The van der Waals surface area contributed by atoms with Gasteiger partial charge < -0.3 is 20.4 Å². The van der Waals surface area contributed by atoms with Crippen molar-refractivity contribution in [1.29, 1.82) is 0 Å². The summed E-state index contributed by atoms with van der Waals surface area (Å²) in [5, 5.41) is 12.9. The summed E-state index contributed by atoms with van der Waals surface area (Å²) in [7, 11) is 0. The maximum atomic E-state index is 13.4. The van der Waals surface area contributed by atoms with Gasteiger partial charge in [-0.1, -0.05) is 20.8 Å². The molecule has 4 rings (SSSR count). The van der Waals surface area contributed by atoms with Crippen LogP contribution in [0.5, 0.6) is 0 Å². The van der Waals surface area contributed by atoms with E-state index >= 15 is 0 Å². The predicted octanol–water partition coefficient (Wildman–Crippen LogP) is 3.00. The van der Waals surface area contributed by atoms with E-state index in [0.29, 0.717) is 25.5 Å². The zero-order chi connectivity index (χ0) is 24.5. The number of likely N-dealkylation sites (tertiary alicyclic amines) is 1. The lowest BCUT2D eigenvalue weighted by Crippen LogP contribution is -2.51. The summed E-state index contributed by atoms with van der Waals surface area (Å²) in [6, 6.07) is 0.126. The molecule has 0 bridgehead atoms. The van der Waals surface area contributed by atoms with Crippen LogP contribution in [0, 0.1) is 5.92 Å². The van der Waals surface area contributed by atoms with E-state index in [-0.39, 0.29) is 29.3 Å². The third-order valence-electron chi connectivity index (χ3n) is 6.55. The van der Waals surface area contributed by atoms with E-state index in [1.165, 1.54) is 0 Å². The van der Waals surface area contributed by atoms with Crippen LogP contribution in [0.25, 0.3) is 4.83 Å². The Labute approximate surface area is 204 Å². The molecule has 2 aliphatic heterocycles. The molecular formula is C24H35N7O2S. The summed E-state index contributed by atoms with van der Waals surface area (Å²) < 4.78 is 1.86. The minimum atomic E-state index is -0.260. The normalized spacial score (nSPS) is 19.0. The Kier molecular flexibility index (Phi) is 6.97. The Balaban J connectivity index is 1.52. The molecule has 4 heterocycles. The molecule has 2 N–H and O–H groups in total. The molecule has 0 unspecified atom stereocenters. The van der Waals surface area contributed by atoms with E-state index in [1.54, 1.807) is 11.3 Å². The number of hydrogen-bond donors (Lipinski definition) is 2. The number of thiazole rings is 1. The second-order valence-corrected chi connectivity index (χ2v) is 10.8. The Morgan fingerprint density at radius 3 is 2.74 bits per heavy atom. The minimum absolute atomic E-state index is 0.0217. The average Bonchev–Trinajstić information content (AvgIpc) is 3.43. The zero-order valence-electron chi connectivity index (χ0n) is 20.7. The van der Waals surface area contributed by atoms with Gasteiger partial charge in [0.1, 0.15) is 22.1 Å². The van der Waals surface area contributed by atoms with Crippen LogP contribution in [0.15, 0.2) is 34.5 Å². The number of amides is 2.